The number of rotatable bonds is 8. The van der Waals surface area contributed by atoms with Crippen LogP contribution in [0.5, 0.6) is 5.75 Å². The molecule has 34 heavy (non-hydrogen) atoms. The van der Waals surface area contributed by atoms with Crippen molar-refractivity contribution >= 4 is 21.6 Å². The number of nitrogens with one attached hydrogen (secondary N) is 1. The third kappa shape index (κ3) is 5.66. The van der Waals surface area contributed by atoms with E-state index < -0.39 is 10.0 Å². The maximum Gasteiger partial charge on any atom is 0.255 e. The number of nitrogens with zero attached hydrogens (tertiary/aromatic N) is 1. The highest BCUT2D eigenvalue weighted by Crippen LogP contribution is 2.32. The number of piperidine rings is 1. The molecule has 1 aliphatic heterocycles. The predicted octanol–water partition coefficient (Wildman–Crippen LogP) is 4.98. The van der Waals surface area contributed by atoms with Gasteiger partial charge in [-0.25, -0.2) is 8.42 Å². The van der Waals surface area contributed by atoms with Crippen molar-refractivity contribution < 1.29 is 17.9 Å². The second kappa shape index (κ2) is 10.8. The lowest BCUT2D eigenvalue weighted by atomic mass is 9.91. The Morgan fingerprint density at radius 2 is 1.62 bits per heavy atom. The van der Waals surface area contributed by atoms with Crippen molar-refractivity contribution in [1.29, 1.82) is 0 Å². The zero-order valence-electron chi connectivity index (χ0n) is 19.3. The van der Waals surface area contributed by atoms with Crippen molar-refractivity contribution in [2.75, 3.05) is 25.0 Å². The highest BCUT2D eigenvalue weighted by molar-refractivity contribution is 7.89. The second-order valence-electron chi connectivity index (χ2n) is 8.45. The van der Waals surface area contributed by atoms with E-state index in [4.69, 9.17) is 4.74 Å². The molecule has 0 atom stereocenters. The number of sulfonamides is 1. The molecular formula is C27H30N2O4S. The average Bonchev–Trinajstić information content (AvgIpc) is 2.86. The molecule has 0 aromatic heterocycles. The summed E-state index contributed by atoms with van der Waals surface area (Å²) < 4.78 is 34.0. The normalized spacial score (nSPS) is 15.1. The van der Waals surface area contributed by atoms with Gasteiger partial charge in [-0.2, -0.15) is 4.31 Å². The number of anilines is 1. The summed E-state index contributed by atoms with van der Waals surface area (Å²) in [6.07, 6.45) is 2.61. The third-order valence-electron chi connectivity index (χ3n) is 6.11. The van der Waals surface area contributed by atoms with Gasteiger partial charge in [-0.05, 0) is 68.0 Å². The van der Waals surface area contributed by atoms with Crippen molar-refractivity contribution in [2.24, 2.45) is 5.92 Å². The van der Waals surface area contributed by atoms with Crippen LogP contribution in [-0.4, -0.2) is 38.3 Å². The van der Waals surface area contributed by atoms with Gasteiger partial charge in [0, 0.05) is 18.7 Å². The first-order valence-electron chi connectivity index (χ1n) is 11.6. The van der Waals surface area contributed by atoms with Gasteiger partial charge in [0.15, 0.2) is 0 Å². The fourth-order valence-corrected chi connectivity index (χ4v) is 5.78. The molecule has 4 rings (SSSR count). The first-order chi connectivity index (χ1) is 16.5. The SMILES string of the molecule is CCOc1ccc(S(=O)(=O)N2CCC(Cc3ccccc3)CC2)cc1NC(=O)c1ccccc1. The van der Waals surface area contributed by atoms with Gasteiger partial charge in [0.1, 0.15) is 5.75 Å². The van der Waals surface area contributed by atoms with E-state index in [2.05, 4.69) is 17.4 Å². The Bertz CT molecular complexity index is 1210. The molecule has 1 saturated heterocycles. The standard InChI is InChI=1S/C27H30N2O4S/c1-2-33-26-14-13-24(20-25(26)28-27(30)23-11-7-4-8-12-23)34(31,32)29-17-15-22(16-18-29)19-21-9-5-3-6-10-21/h3-14,20,22H,2,15-19H2,1H3,(H,28,30). The van der Waals surface area contributed by atoms with E-state index in [1.807, 2.05) is 31.2 Å². The molecule has 0 saturated carbocycles. The van der Waals surface area contributed by atoms with Crippen LogP contribution in [0.1, 0.15) is 35.7 Å². The Kier molecular flexibility index (Phi) is 7.65. The maximum atomic E-state index is 13.4. The Morgan fingerprint density at radius 3 is 2.26 bits per heavy atom. The van der Waals surface area contributed by atoms with Crippen LogP contribution in [-0.2, 0) is 16.4 Å². The number of amides is 1. The first kappa shape index (κ1) is 24.0. The second-order valence-corrected chi connectivity index (χ2v) is 10.4. The van der Waals surface area contributed by atoms with Gasteiger partial charge >= 0.3 is 0 Å². The number of carbonyl (C=O) groups excluding carboxylic acids is 1. The minimum Gasteiger partial charge on any atom is -0.492 e. The van der Waals surface area contributed by atoms with Gasteiger partial charge in [-0.1, -0.05) is 48.5 Å². The quantitative estimate of drug-likeness (QED) is 0.495. The molecule has 178 valence electrons. The molecule has 0 radical (unpaired) electrons. The lowest BCUT2D eigenvalue weighted by Crippen LogP contribution is -2.38. The molecule has 1 amide bonds. The monoisotopic (exact) mass is 478 g/mol. The molecule has 0 unspecified atom stereocenters. The van der Waals surface area contributed by atoms with Crippen LogP contribution >= 0.6 is 0 Å². The summed E-state index contributed by atoms with van der Waals surface area (Å²) in [6.45, 7) is 3.21. The zero-order chi connectivity index (χ0) is 24.0. The van der Waals surface area contributed by atoms with E-state index in [1.165, 1.54) is 11.6 Å². The molecule has 0 spiro atoms. The van der Waals surface area contributed by atoms with Gasteiger partial charge in [0.2, 0.25) is 10.0 Å². The smallest absolute Gasteiger partial charge is 0.255 e. The number of hydrogen-bond acceptors (Lipinski definition) is 4. The molecule has 3 aromatic carbocycles. The van der Waals surface area contributed by atoms with Crippen LogP contribution in [0.2, 0.25) is 0 Å². The predicted molar refractivity (Wildman–Crippen MR) is 134 cm³/mol. The molecule has 0 aliphatic carbocycles. The summed E-state index contributed by atoms with van der Waals surface area (Å²) in [6, 6.07) is 23.8. The van der Waals surface area contributed by atoms with Crippen molar-refractivity contribution in [2.45, 2.75) is 31.1 Å². The number of ether oxygens (including phenoxy) is 1. The van der Waals surface area contributed by atoms with E-state index >= 15 is 0 Å². The van der Waals surface area contributed by atoms with Gasteiger partial charge < -0.3 is 10.1 Å². The van der Waals surface area contributed by atoms with E-state index in [9.17, 15) is 13.2 Å². The van der Waals surface area contributed by atoms with Gasteiger partial charge in [-0.3, -0.25) is 4.79 Å². The lowest BCUT2D eigenvalue weighted by molar-refractivity contribution is 0.102. The number of benzene rings is 3. The average molecular weight is 479 g/mol. The van der Waals surface area contributed by atoms with Crippen molar-refractivity contribution in [3.8, 4) is 5.75 Å². The Hall–Kier alpha value is -3.16. The molecular weight excluding hydrogens is 448 g/mol. The minimum absolute atomic E-state index is 0.154. The van der Waals surface area contributed by atoms with Crippen LogP contribution < -0.4 is 10.1 Å². The molecule has 1 N–H and O–H groups in total. The maximum absolute atomic E-state index is 13.4. The van der Waals surface area contributed by atoms with Crippen molar-refractivity contribution in [3.63, 3.8) is 0 Å². The molecule has 3 aromatic rings. The molecule has 1 aliphatic rings. The summed E-state index contributed by atoms with van der Waals surface area (Å²) >= 11 is 0. The van der Waals surface area contributed by atoms with E-state index in [0.29, 0.717) is 42.6 Å². The van der Waals surface area contributed by atoms with E-state index in [0.717, 1.165) is 19.3 Å². The largest absolute Gasteiger partial charge is 0.492 e. The van der Waals surface area contributed by atoms with Gasteiger partial charge in [-0.15, -0.1) is 0 Å². The summed E-state index contributed by atoms with van der Waals surface area (Å²) in [7, 11) is -3.69. The summed E-state index contributed by atoms with van der Waals surface area (Å²) in [4.78, 5) is 12.8. The fourth-order valence-electron chi connectivity index (χ4n) is 4.28. The highest BCUT2D eigenvalue weighted by atomic mass is 32.2. The van der Waals surface area contributed by atoms with Gasteiger partial charge in [0.05, 0.1) is 17.2 Å². The lowest BCUT2D eigenvalue weighted by Gasteiger charge is -2.31. The molecule has 7 heteroatoms. The summed E-state index contributed by atoms with van der Waals surface area (Å²) in [5.41, 5.74) is 2.11. The minimum atomic E-state index is -3.69. The Morgan fingerprint density at radius 1 is 0.971 bits per heavy atom. The number of carbonyl (C=O) groups is 1. The van der Waals surface area contributed by atoms with Crippen LogP contribution in [0.15, 0.2) is 83.8 Å². The Labute approximate surface area is 201 Å². The third-order valence-corrected chi connectivity index (χ3v) is 8.01. The van der Waals surface area contributed by atoms with Crippen molar-refractivity contribution in [1.82, 2.24) is 4.31 Å². The molecule has 1 fully saturated rings. The summed E-state index contributed by atoms with van der Waals surface area (Å²) in [5, 5.41) is 2.81. The summed E-state index contributed by atoms with van der Waals surface area (Å²) in [5.74, 6) is 0.583. The van der Waals surface area contributed by atoms with Crippen LogP contribution in [0.25, 0.3) is 0 Å². The van der Waals surface area contributed by atoms with Crippen LogP contribution in [0.3, 0.4) is 0 Å². The van der Waals surface area contributed by atoms with E-state index in [1.54, 1.807) is 40.7 Å². The van der Waals surface area contributed by atoms with Gasteiger partial charge in [0.25, 0.3) is 5.91 Å². The fraction of sp³-hybridized carbons (Fsp3) is 0.296. The molecule has 0 bridgehead atoms. The van der Waals surface area contributed by atoms with Crippen molar-refractivity contribution in [3.05, 3.63) is 90.0 Å². The van der Waals surface area contributed by atoms with Crippen LogP contribution in [0, 0.1) is 5.92 Å². The first-order valence-corrected chi connectivity index (χ1v) is 13.1. The molecule has 6 nitrogen and oxygen atoms in total. The topological polar surface area (TPSA) is 75.7 Å². The van der Waals surface area contributed by atoms with E-state index in [-0.39, 0.29) is 10.8 Å². The van der Waals surface area contributed by atoms with Crippen LogP contribution in [0.4, 0.5) is 5.69 Å². The zero-order valence-corrected chi connectivity index (χ0v) is 20.1. The Balaban J connectivity index is 1.49. The highest BCUT2D eigenvalue weighted by Gasteiger charge is 2.30. The number of hydrogen-bond donors (Lipinski definition) is 1. The molecule has 1 heterocycles.